The average molecular weight is 790 g/mol. The Labute approximate surface area is 354 Å². The molecule has 0 saturated carbocycles. The highest BCUT2D eigenvalue weighted by Crippen LogP contribution is 2.21. The zero-order valence-electron chi connectivity index (χ0n) is 39.3. The Morgan fingerprint density at radius 3 is 0.696 bits per heavy atom. The Hall–Kier alpha value is -0.570. The van der Waals surface area contributed by atoms with Gasteiger partial charge >= 0.3 is 5.97 Å². The fraction of sp³-hybridized carbons (Fsp3) is 0.981. The van der Waals surface area contributed by atoms with Gasteiger partial charge in [0, 0.05) is 0 Å². The van der Waals surface area contributed by atoms with Gasteiger partial charge in [-0.1, -0.05) is 284 Å². The van der Waals surface area contributed by atoms with Crippen molar-refractivity contribution in [1.82, 2.24) is 4.90 Å². The average Bonchev–Trinajstić information content (AvgIpc) is 3.19. The largest absolute Gasteiger partial charge is 0.481 e. The highest BCUT2D eigenvalue weighted by Gasteiger charge is 2.16. The molecule has 0 aromatic rings. The molecule has 0 radical (unpaired) electrons. The summed E-state index contributed by atoms with van der Waals surface area (Å²) in [5, 5.41) is 9.72. The van der Waals surface area contributed by atoms with Crippen LogP contribution in [0.5, 0.6) is 0 Å². The first-order chi connectivity index (χ1) is 27.6. The lowest BCUT2D eigenvalue weighted by Gasteiger charge is -2.16. The van der Waals surface area contributed by atoms with Gasteiger partial charge in [-0.15, -0.1) is 0 Å². The fourth-order valence-electron chi connectivity index (χ4n) is 8.91. The third kappa shape index (κ3) is 46.1. The lowest BCUT2D eigenvalue weighted by atomic mass is 9.94. The van der Waals surface area contributed by atoms with Crippen LogP contribution >= 0.6 is 0 Å². The number of hydrogen-bond acceptors (Lipinski definition) is 2. The summed E-state index contributed by atoms with van der Waals surface area (Å²) in [6.45, 7) is 7.17. The summed E-state index contributed by atoms with van der Waals surface area (Å²) in [5.74, 6) is -0.658. The number of aliphatic carboxylic acids is 1. The third-order valence-corrected chi connectivity index (χ3v) is 13.0. The third-order valence-electron chi connectivity index (χ3n) is 13.0. The van der Waals surface area contributed by atoms with Gasteiger partial charge in [0.25, 0.3) is 0 Å². The van der Waals surface area contributed by atoms with Crippen LogP contribution in [0.4, 0.5) is 0 Å². The molecule has 336 valence electrons. The first kappa shape index (κ1) is 55.4. The van der Waals surface area contributed by atoms with Crippen LogP contribution in [0, 0.1) is 5.92 Å². The minimum atomic E-state index is -0.552. The number of carbonyl (C=O) groups is 1. The first-order valence-electron chi connectivity index (χ1n) is 26.5. The molecule has 0 rings (SSSR count). The van der Waals surface area contributed by atoms with E-state index in [1.165, 1.54) is 283 Å². The molecule has 0 aliphatic rings. The SMILES string of the molecule is CCCCCCCCCCCCCCCCCCC(CCCCCCCCCCCCCCN(C)CCCCCCCCCCCCCCCCCC)C(=O)O. The molecule has 3 heteroatoms. The second-order valence-corrected chi connectivity index (χ2v) is 18.8. The standard InChI is InChI=1S/C53H107NO2/c1-4-6-8-10-12-14-16-18-20-22-24-28-32-36-40-44-48-52(53(55)56)49-45-41-37-33-29-25-27-31-35-39-43-47-51-54(3)50-46-42-38-34-30-26-23-21-19-17-15-13-11-9-7-5-2/h52H,4-51H2,1-3H3,(H,55,56). The Morgan fingerprint density at radius 1 is 0.321 bits per heavy atom. The van der Waals surface area contributed by atoms with Crippen LogP contribution in [-0.4, -0.2) is 36.1 Å². The van der Waals surface area contributed by atoms with E-state index in [-0.39, 0.29) is 5.92 Å². The highest BCUT2D eigenvalue weighted by molar-refractivity contribution is 5.69. The molecule has 1 N–H and O–H groups in total. The minimum Gasteiger partial charge on any atom is -0.481 e. The lowest BCUT2D eigenvalue weighted by molar-refractivity contribution is -0.142. The normalized spacial score (nSPS) is 12.3. The molecule has 3 nitrogen and oxygen atoms in total. The van der Waals surface area contributed by atoms with Gasteiger partial charge in [0.05, 0.1) is 5.92 Å². The van der Waals surface area contributed by atoms with Crippen molar-refractivity contribution in [3.05, 3.63) is 0 Å². The number of carboxylic acids is 1. The van der Waals surface area contributed by atoms with E-state index in [0.29, 0.717) is 0 Å². The van der Waals surface area contributed by atoms with Crippen molar-refractivity contribution in [2.24, 2.45) is 5.92 Å². The summed E-state index contributed by atoms with van der Waals surface area (Å²) in [4.78, 5) is 14.4. The summed E-state index contributed by atoms with van der Waals surface area (Å²) in [5.41, 5.74) is 0. The van der Waals surface area contributed by atoms with Crippen LogP contribution in [0.25, 0.3) is 0 Å². The van der Waals surface area contributed by atoms with Crippen molar-refractivity contribution < 1.29 is 9.90 Å². The second-order valence-electron chi connectivity index (χ2n) is 18.8. The molecule has 0 saturated heterocycles. The Kier molecular flexibility index (Phi) is 48.3. The van der Waals surface area contributed by atoms with Crippen molar-refractivity contribution >= 4 is 5.97 Å². The zero-order valence-corrected chi connectivity index (χ0v) is 39.3. The zero-order chi connectivity index (χ0) is 40.7. The van der Waals surface area contributed by atoms with E-state index in [4.69, 9.17) is 0 Å². The Balaban J connectivity index is 3.36. The minimum absolute atomic E-state index is 0.106. The van der Waals surface area contributed by atoms with Crippen LogP contribution in [0.1, 0.15) is 309 Å². The van der Waals surface area contributed by atoms with Crippen molar-refractivity contribution in [3.8, 4) is 0 Å². The van der Waals surface area contributed by atoms with Crippen molar-refractivity contribution in [2.75, 3.05) is 20.1 Å². The van der Waals surface area contributed by atoms with Gasteiger partial charge in [-0.25, -0.2) is 0 Å². The van der Waals surface area contributed by atoms with Gasteiger partial charge in [-0.3, -0.25) is 4.79 Å². The van der Waals surface area contributed by atoms with Gasteiger partial charge in [-0.05, 0) is 45.8 Å². The Bertz CT molecular complexity index is 724. The molecule has 0 spiro atoms. The number of rotatable bonds is 50. The molecule has 1 unspecified atom stereocenters. The van der Waals surface area contributed by atoms with Crippen LogP contribution in [0.2, 0.25) is 0 Å². The van der Waals surface area contributed by atoms with Crippen LogP contribution in [0.15, 0.2) is 0 Å². The van der Waals surface area contributed by atoms with Gasteiger partial charge in [0.2, 0.25) is 0 Å². The second kappa shape index (κ2) is 48.8. The summed E-state index contributed by atoms with van der Waals surface area (Å²) < 4.78 is 0. The predicted octanol–water partition coefficient (Wildman–Crippen LogP) is 18.6. The number of hydrogen-bond donors (Lipinski definition) is 1. The first-order valence-corrected chi connectivity index (χ1v) is 26.5. The maximum Gasteiger partial charge on any atom is 0.306 e. The molecule has 0 aromatic carbocycles. The molecule has 0 amide bonds. The number of nitrogens with zero attached hydrogens (tertiary/aromatic N) is 1. The highest BCUT2D eigenvalue weighted by atomic mass is 16.4. The summed E-state index contributed by atoms with van der Waals surface area (Å²) in [6.07, 6.45) is 63.1. The monoisotopic (exact) mass is 790 g/mol. The molecule has 0 aliphatic heterocycles. The maximum atomic E-state index is 11.8. The summed E-state index contributed by atoms with van der Waals surface area (Å²) >= 11 is 0. The summed E-state index contributed by atoms with van der Waals surface area (Å²) in [7, 11) is 2.33. The molecular formula is C53H107NO2. The molecule has 1 atom stereocenters. The van der Waals surface area contributed by atoms with Gasteiger partial charge in [0.1, 0.15) is 0 Å². The van der Waals surface area contributed by atoms with E-state index < -0.39 is 5.97 Å². The fourth-order valence-corrected chi connectivity index (χ4v) is 8.91. The van der Waals surface area contributed by atoms with Crippen molar-refractivity contribution in [3.63, 3.8) is 0 Å². The van der Waals surface area contributed by atoms with E-state index in [9.17, 15) is 9.90 Å². The maximum absolute atomic E-state index is 11.8. The number of carboxylic acid groups (broad SMARTS) is 1. The number of unbranched alkanes of at least 4 members (excludes halogenated alkanes) is 41. The predicted molar refractivity (Wildman–Crippen MR) is 252 cm³/mol. The Morgan fingerprint density at radius 2 is 0.500 bits per heavy atom. The van der Waals surface area contributed by atoms with Crippen LogP contribution in [-0.2, 0) is 4.79 Å². The van der Waals surface area contributed by atoms with Crippen molar-refractivity contribution in [1.29, 1.82) is 0 Å². The lowest BCUT2D eigenvalue weighted by Crippen LogP contribution is -2.20. The van der Waals surface area contributed by atoms with E-state index in [0.717, 1.165) is 25.7 Å². The molecule has 0 aliphatic carbocycles. The van der Waals surface area contributed by atoms with Gasteiger partial charge < -0.3 is 10.0 Å². The van der Waals surface area contributed by atoms with Crippen molar-refractivity contribution in [2.45, 2.75) is 309 Å². The van der Waals surface area contributed by atoms with Crippen LogP contribution < -0.4 is 0 Å². The van der Waals surface area contributed by atoms with Gasteiger partial charge in [-0.2, -0.15) is 0 Å². The quantitative estimate of drug-likeness (QED) is 0.0624. The van der Waals surface area contributed by atoms with E-state index in [1.54, 1.807) is 0 Å². The van der Waals surface area contributed by atoms with Gasteiger partial charge in [0.15, 0.2) is 0 Å². The molecule has 0 heterocycles. The molecule has 0 fully saturated rings. The molecular weight excluding hydrogens is 683 g/mol. The molecule has 0 bridgehead atoms. The van der Waals surface area contributed by atoms with E-state index in [2.05, 4.69) is 25.8 Å². The molecule has 56 heavy (non-hydrogen) atoms. The smallest absolute Gasteiger partial charge is 0.306 e. The molecule has 0 aromatic heterocycles. The van der Waals surface area contributed by atoms with E-state index in [1.807, 2.05) is 0 Å². The summed E-state index contributed by atoms with van der Waals surface area (Å²) in [6, 6.07) is 0. The topological polar surface area (TPSA) is 40.5 Å². The van der Waals surface area contributed by atoms with Crippen LogP contribution in [0.3, 0.4) is 0 Å². The van der Waals surface area contributed by atoms with E-state index >= 15 is 0 Å².